The van der Waals surface area contributed by atoms with Gasteiger partial charge in [-0.15, -0.1) is 0 Å². The van der Waals surface area contributed by atoms with Gasteiger partial charge in [0.1, 0.15) is 0 Å². The van der Waals surface area contributed by atoms with Crippen LogP contribution in [-0.4, -0.2) is 43.0 Å². The summed E-state index contributed by atoms with van der Waals surface area (Å²) in [5.74, 6) is -0.466. The number of esters is 1. The van der Waals surface area contributed by atoms with E-state index in [-0.39, 0.29) is 29.6 Å². The number of nitrogens with two attached hydrogens (primary N) is 1. The lowest BCUT2D eigenvalue weighted by atomic mass is 9.84. The maximum absolute atomic E-state index is 12.6. The van der Waals surface area contributed by atoms with Gasteiger partial charge in [-0.05, 0) is 17.9 Å². The van der Waals surface area contributed by atoms with Crippen molar-refractivity contribution in [1.82, 2.24) is 4.90 Å². The van der Waals surface area contributed by atoms with Gasteiger partial charge in [0.15, 0.2) is 0 Å². The Morgan fingerprint density at radius 2 is 1.87 bits per heavy atom. The lowest BCUT2D eigenvalue weighted by Gasteiger charge is -2.38. The molecule has 1 saturated heterocycles. The van der Waals surface area contributed by atoms with Crippen LogP contribution in [0.3, 0.4) is 0 Å². The smallest absolute Gasteiger partial charge is 0.310 e. The Labute approximate surface area is 137 Å². The van der Waals surface area contributed by atoms with E-state index < -0.39 is 6.04 Å². The highest BCUT2D eigenvalue weighted by atomic mass is 16.5. The molecule has 0 radical (unpaired) electrons. The molecule has 0 aliphatic carbocycles. The summed E-state index contributed by atoms with van der Waals surface area (Å²) in [6.07, 6.45) is 0.692. The summed E-state index contributed by atoms with van der Waals surface area (Å²) >= 11 is 0. The predicted molar refractivity (Wildman–Crippen MR) is 88.7 cm³/mol. The standard InChI is InChI=1S/C18H26N2O3/c1-12(2)16(19)17(21)20-10-14(13-7-5-4-6-8-13)9-15(11-20)18(22)23-3/h4-8,12,14-16H,9-11,19H2,1-3H3/t14-,15+,16+/m1/s1. The fourth-order valence-electron chi connectivity index (χ4n) is 3.08. The summed E-state index contributed by atoms with van der Waals surface area (Å²) in [6.45, 7) is 4.84. The van der Waals surface area contributed by atoms with Gasteiger partial charge in [0.25, 0.3) is 0 Å². The Bertz CT molecular complexity index is 544. The Morgan fingerprint density at radius 3 is 2.43 bits per heavy atom. The number of carbonyl (C=O) groups excluding carboxylic acids is 2. The number of rotatable bonds is 4. The van der Waals surface area contributed by atoms with Crippen LogP contribution in [0.25, 0.3) is 0 Å². The number of amides is 1. The maximum atomic E-state index is 12.6. The molecule has 0 bridgehead atoms. The highest BCUT2D eigenvalue weighted by Crippen LogP contribution is 2.31. The number of hydrogen-bond donors (Lipinski definition) is 1. The summed E-state index contributed by atoms with van der Waals surface area (Å²) in [4.78, 5) is 26.4. The topological polar surface area (TPSA) is 72.6 Å². The third-order valence-electron chi connectivity index (χ3n) is 4.57. The van der Waals surface area contributed by atoms with Crippen LogP contribution in [0.1, 0.15) is 31.7 Å². The monoisotopic (exact) mass is 318 g/mol. The molecular formula is C18H26N2O3. The van der Waals surface area contributed by atoms with Crippen molar-refractivity contribution in [3.05, 3.63) is 35.9 Å². The van der Waals surface area contributed by atoms with Crippen molar-refractivity contribution in [3.63, 3.8) is 0 Å². The molecule has 1 aromatic rings. The second kappa shape index (κ2) is 7.59. The van der Waals surface area contributed by atoms with E-state index in [0.717, 1.165) is 5.56 Å². The van der Waals surface area contributed by atoms with Gasteiger partial charge in [-0.1, -0.05) is 44.2 Å². The zero-order chi connectivity index (χ0) is 17.0. The minimum absolute atomic E-state index is 0.0659. The first-order valence-corrected chi connectivity index (χ1v) is 8.11. The average molecular weight is 318 g/mol. The van der Waals surface area contributed by atoms with Gasteiger partial charge >= 0.3 is 5.97 Å². The molecule has 1 aliphatic rings. The van der Waals surface area contributed by atoms with Crippen molar-refractivity contribution >= 4 is 11.9 Å². The molecule has 1 aromatic carbocycles. The molecule has 3 atom stereocenters. The lowest BCUT2D eigenvalue weighted by molar-refractivity contribution is -0.149. The van der Waals surface area contributed by atoms with E-state index in [2.05, 4.69) is 0 Å². The van der Waals surface area contributed by atoms with E-state index >= 15 is 0 Å². The molecule has 2 rings (SSSR count). The summed E-state index contributed by atoms with van der Waals surface area (Å²) in [7, 11) is 1.39. The summed E-state index contributed by atoms with van der Waals surface area (Å²) in [5, 5.41) is 0. The average Bonchev–Trinajstić information content (AvgIpc) is 2.59. The Hall–Kier alpha value is -1.88. The van der Waals surface area contributed by atoms with E-state index in [4.69, 9.17) is 10.5 Å². The maximum Gasteiger partial charge on any atom is 0.310 e. The van der Waals surface area contributed by atoms with Crippen LogP contribution in [0.4, 0.5) is 0 Å². The van der Waals surface area contributed by atoms with Gasteiger partial charge in [-0.25, -0.2) is 0 Å². The lowest BCUT2D eigenvalue weighted by Crippen LogP contribution is -2.52. The molecule has 1 fully saturated rings. The van der Waals surface area contributed by atoms with Gasteiger partial charge < -0.3 is 15.4 Å². The minimum atomic E-state index is -0.539. The van der Waals surface area contributed by atoms with Gasteiger partial charge in [0.2, 0.25) is 5.91 Å². The molecule has 5 heteroatoms. The number of piperidine rings is 1. The predicted octanol–water partition coefficient (Wildman–Crippen LogP) is 1.77. The van der Waals surface area contributed by atoms with Gasteiger partial charge in [0, 0.05) is 19.0 Å². The summed E-state index contributed by atoms with van der Waals surface area (Å²) in [5.41, 5.74) is 7.16. The molecule has 0 unspecified atom stereocenters. The molecule has 1 amide bonds. The number of likely N-dealkylation sites (tertiary alicyclic amines) is 1. The van der Waals surface area contributed by atoms with Crippen LogP contribution in [0.2, 0.25) is 0 Å². The number of carbonyl (C=O) groups is 2. The normalized spacial score (nSPS) is 22.7. The van der Waals surface area contributed by atoms with Crippen molar-refractivity contribution in [2.75, 3.05) is 20.2 Å². The molecule has 126 valence electrons. The fourth-order valence-corrected chi connectivity index (χ4v) is 3.08. The number of benzene rings is 1. The van der Waals surface area contributed by atoms with Crippen LogP contribution in [0.15, 0.2) is 30.3 Å². The summed E-state index contributed by atoms with van der Waals surface area (Å²) < 4.78 is 4.90. The SMILES string of the molecule is COC(=O)[C@H]1C[C@@H](c2ccccc2)CN(C(=O)[C@@H](N)C(C)C)C1. The number of hydrogen-bond acceptors (Lipinski definition) is 4. The van der Waals surface area contributed by atoms with Crippen molar-refractivity contribution in [3.8, 4) is 0 Å². The molecule has 1 heterocycles. The molecule has 1 aliphatic heterocycles. The molecule has 5 nitrogen and oxygen atoms in total. The largest absolute Gasteiger partial charge is 0.469 e. The zero-order valence-electron chi connectivity index (χ0n) is 14.1. The quantitative estimate of drug-likeness (QED) is 0.859. The number of nitrogens with zero attached hydrogens (tertiary/aromatic N) is 1. The van der Waals surface area contributed by atoms with E-state index in [9.17, 15) is 9.59 Å². The highest BCUT2D eigenvalue weighted by Gasteiger charge is 2.36. The van der Waals surface area contributed by atoms with Crippen molar-refractivity contribution in [2.24, 2.45) is 17.6 Å². The minimum Gasteiger partial charge on any atom is -0.469 e. The first kappa shape index (κ1) is 17.5. The van der Waals surface area contributed by atoms with Crippen molar-refractivity contribution in [2.45, 2.75) is 32.2 Å². The summed E-state index contributed by atoms with van der Waals surface area (Å²) in [6, 6.07) is 9.45. The van der Waals surface area contributed by atoms with Crippen LogP contribution in [-0.2, 0) is 14.3 Å². The van der Waals surface area contributed by atoms with Crippen LogP contribution >= 0.6 is 0 Å². The molecule has 2 N–H and O–H groups in total. The molecule has 0 aromatic heterocycles. The third kappa shape index (κ3) is 4.10. The molecular weight excluding hydrogens is 292 g/mol. The van der Waals surface area contributed by atoms with E-state index in [0.29, 0.717) is 19.5 Å². The van der Waals surface area contributed by atoms with E-state index in [1.807, 2.05) is 44.2 Å². The second-order valence-electron chi connectivity index (χ2n) is 6.58. The number of methoxy groups -OCH3 is 1. The first-order chi connectivity index (χ1) is 10.9. The Balaban J connectivity index is 2.22. The van der Waals surface area contributed by atoms with E-state index in [1.165, 1.54) is 7.11 Å². The molecule has 0 saturated carbocycles. The van der Waals surface area contributed by atoms with Gasteiger partial charge in [0.05, 0.1) is 19.1 Å². The zero-order valence-corrected chi connectivity index (χ0v) is 14.1. The first-order valence-electron chi connectivity index (χ1n) is 8.11. The molecule has 23 heavy (non-hydrogen) atoms. The number of ether oxygens (including phenoxy) is 1. The van der Waals surface area contributed by atoms with Crippen LogP contribution < -0.4 is 5.73 Å². The fraction of sp³-hybridized carbons (Fsp3) is 0.556. The highest BCUT2D eigenvalue weighted by molar-refractivity contribution is 5.83. The van der Waals surface area contributed by atoms with Gasteiger partial charge in [-0.3, -0.25) is 9.59 Å². The van der Waals surface area contributed by atoms with Crippen molar-refractivity contribution < 1.29 is 14.3 Å². The Morgan fingerprint density at radius 1 is 1.22 bits per heavy atom. The van der Waals surface area contributed by atoms with Crippen molar-refractivity contribution in [1.29, 1.82) is 0 Å². The Kier molecular flexibility index (Phi) is 5.77. The third-order valence-corrected chi connectivity index (χ3v) is 4.57. The van der Waals surface area contributed by atoms with Crippen LogP contribution in [0.5, 0.6) is 0 Å². The molecule has 0 spiro atoms. The van der Waals surface area contributed by atoms with E-state index in [1.54, 1.807) is 4.90 Å². The second-order valence-corrected chi connectivity index (χ2v) is 6.58. The van der Waals surface area contributed by atoms with Crippen LogP contribution in [0, 0.1) is 11.8 Å². The van der Waals surface area contributed by atoms with Gasteiger partial charge in [-0.2, -0.15) is 0 Å².